The Morgan fingerprint density at radius 2 is 0.805 bits per heavy atom. The van der Waals surface area contributed by atoms with E-state index in [1.165, 1.54) is 218 Å². The number of hydrogen-bond donors (Lipinski definition) is 2. The van der Waals surface area contributed by atoms with E-state index in [0.717, 1.165) is 64.2 Å². The molecule has 77 heavy (non-hydrogen) atoms. The van der Waals surface area contributed by atoms with Crippen LogP contribution in [0.1, 0.15) is 303 Å². The van der Waals surface area contributed by atoms with E-state index in [4.69, 9.17) is 9.05 Å². The molecule has 0 rings (SSSR count). The molecule has 0 aromatic rings. The molecule has 0 aromatic heterocycles. The van der Waals surface area contributed by atoms with Crippen molar-refractivity contribution < 1.29 is 32.9 Å². The van der Waals surface area contributed by atoms with Crippen molar-refractivity contribution in [2.45, 2.75) is 315 Å². The lowest BCUT2D eigenvalue weighted by molar-refractivity contribution is -0.870. The third-order valence-electron chi connectivity index (χ3n) is 14.7. The van der Waals surface area contributed by atoms with Gasteiger partial charge in [0.1, 0.15) is 13.2 Å². The number of aliphatic hydroxyl groups excluding tert-OH is 1. The number of phosphoric ester groups is 1. The molecular weight excluding hydrogens is 972 g/mol. The second-order valence-corrected chi connectivity index (χ2v) is 24.8. The maximum atomic E-state index is 13.0. The Balaban J connectivity index is 3.94. The van der Waals surface area contributed by atoms with Gasteiger partial charge in [0.25, 0.3) is 7.82 Å². The van der Waals surface area contributed by atoms with Crippen molar-refractivity contribution in [3.63, 3.8) is 0 Å². The molecule has 0 saturated carbocycles. The number of quaternary nitrogens is 1. The highest BCUT2D eigenvalue weighted by Crippen LogP contribution is 2.38. The quantitative estimate of drug-likeness (QED) is 0.0272. The van der Waals surface area contributed by atoms with Gasteiger partial charge in [-0.15, -0.1) is 0 Å². The fraction of sp³-hybridized carbons (Fsp3) is 0.809. The second-order valence-electron chi connectivity index (χ2n) is 23.4. The largest absolute Gasteiger partial charge is 0.756 e. The van der Waals surface area contributed by atoms with Gasteiger partial charge < -0.3 is 28.8 Å². The van der Waals surface area contributed by atoms with Gasteiger partial charge in [0, 0.05) is 6.42 Å². The average Bonchev–Trinajstić information content (AvgIpc) is 3.39. The van der Waals surface area contributed by atoms with E-state index < -0.39 is 26.6 Å². The molecular formula is C68H127N2O6P. The minimum absolute atomic E-state index is 0.00602. The fourth-order valence-electron chi connectivity index (χ4n) is 9.58. The van der Waals surface area contributed by atoms with Gasteiger partial charge in [0.15, 0.2) is 0 Å². The lowest BCUT2D eigenvalue weighted by atomic mass is 10.0. The number of amides is 1. The van der Waals surface area contributed by atoms with E-state index in [1.807, 2.05) is 27.2 Å². The standard InChI is InChI=1S/C68H127N2O6P/c1-6-8-10-12-14-16-18-20-22-24-25-26-27-28-29-30-31-32-33-34-35-36-37-38-39-40-41-42-43-44-45-46-48-50-52-54-56-58-60-62-68(72)69-66(65-76-77(73,74)75-64-63-70(3,4)5)67(71)61-59-57-55-53-51-49-47-23-21-19-17-15-13-11-9-7-2/h8,10,14,16,20,22,25-26,51,53,59,61,66-67,71H,6-7,9,11-13,15,17-19,21,23-24,27-50,52,54-58,60,62-65H2,1-5H3,(H-,69,72,73,74)/b10-8-,16-14-,22-20-,26-25-,53-51+,61-59+. The van der Waals surface area contributed by atoms with Crippen LogP contribution in [-0.2, 0) is 18.4 Å². The molecule has 8 nitrogen and oxygen atoms in total. The van der Waals surface area contributed by atoms with Gasteiger partial charge in [-0.3, -0.25) is 9.36 Å². The number of nitrogens with one attached hydrogen (secondary N) is 1. The van der Waals surface area contributed by atoms with E-state index in [2.05, 4.69) is 79.9 Å². The van der Waals surface area contributed by atoms with Gasteiger partial charge >= 0.3 is 0 Å². The number of rotatable bonds is 60. The molecule has 0 radical (unpaired) electrons. The Morgan fingerprint density at radius 3 is 1.21 bits per heavy atom. The summed E-state index contributed by atoms with van der Waals surface area (Å²) in [4.78, 5) is 25.5. The molecule has 0 aliphatic rings. The molecule has 0 bridgehead atoms. The van der Waals surface area contributed by atoms with Crippen LogP contribution in [0.4, 0.5) is 0 Å². The van der Waals surface area contributed by atoms with Crippen molar-refractivity contribution in [3.05, 3.63) is 72.9 Å². The Morgan fingerprint density at radius 1 is 0.468 bits per heavy atom. The molecule has 0 fully saturated rings. The van der Waals surface area contributed by atoms with Gasteiger partial charge in [0.2, 0.25) is 5.91 Å². The SMILES string of the molecule is CC/C=C\C/C=C\C/C=C\C/C=C\CCCCCCCCCCCCCCCCCCCCCCCCCCCCC(=O)NC(COP(=O)([O-])OCC[N+](C)(C)C)C(O)/C=C/CC/C=C/CCCCCCCCCCCC. The number of hydrogen-bond acceptors (Lipinski definition) is 6. The Bertz CT molecular complexity index is 1480. The Hall–Kier alpha value is -2.06. The zero-order valence-electron chi connectivity index (χ0n) is 51.4. The van der Waals surface area contributed by atoms with Crippen LogP contribution >= 0.6 is 7.82 Å². The van der Waals surface area contributed by atoms with E-state index in [-0.39, 0.29) is 12.5 Å². The highest BCUT2D eigenvalue weighted by molar-refractivity contribution is 7.45. The minimum Gasteiger partial charge on any atom is -0.756 e. The highest BCUT2D eigenvalue weighted by Gasteiger charge is 2.23. The summed E-state index contributed by atoms with van der Waals surface area (Å²) in [6, 6.07) is -0.903. The van der Waals surface area contributed by atoms with E-state index >= 15 is 0 Å². The van der Waals surface area contributed by atoms with Gasteiger partial charge in [-0.05, 0) is 70.6 Å². The number of phosphoric acid groups is 1. The maximum Gasteiger partial charge on any atom is 0.268 e. The van der Waals surface area contributed by atoms with Crippen LogP contribution < -0.4 is 10.2 Å². The van der Waals surface area contributed by atoms with Crippen molar-refractivity contribution in [1.29, 1.82) is 0 Å². The van der Waals surface area contributed by atoms with Crippen LogP contribution in [0.25, 0.3) is 0 Å². The second kappa shape index (κ2) is 58.6. The van der Waals surface area contributed by atoms with E-state index in [1.54, 1.807) is 6.08 Å². The van der Waals surface area contributed by atoms with Gasteiger partial charge in [-0.25, -0.2) is 0 Å². The molecule has 0 spiro atoms. The first-order valence-electron chi connectivity index (χ1n) is 32.8. The Kier molecular flexibility index (Phi) is 57.0. The molecule has 3 atom stereocenters. The first-order valence-corrected chi connectivity index (χ1v) is 34.3. The van der Waals surface area contributed by atoms with Crippen LogP contribution in [0.2, 0.25) is 0 Å². The topological polar surface area (TPSA) is 108 Å². The molecule has 2 N–H and O–H groups in total. The number of aliphatic hydroxyl groups is 1. The third kappa shape index (κ3) is 61.4. The molecule has 450 valence electrons. The summed E-state index contributed by atoms with van der Waals surface area (Å²) in [5.74, 6) is -0.203. The van der Waals surface area contributed by atoms with Crippen molar-refractivity contribution in [2.75, 3.05) is 40.9 Å². The van der Waals surface area contributed by atoms with Crippen LogP contribution in [0, 0.1) is 0 Å². The zero-order valence-corrected chi connectivity index (χ0v) is 52.3. The smallest absolute Gasteiger partial charge is 0.268 e. The molecule has 0 saturated heterocycles. The molecule has 3 unspecified atom stereocenters. The molecule has 1 amide bonds. The van der Waals surface area contributed by atoms with E-state index in [0.29, 0.717) is 17.4 Å². The Labute approximate surface area is 478 Å². The van der Waals surface area contributed by atoms with E-state index in [9.17, 15) is 19.4 Å². The predicted octanol–water partition coefficient (Wildman–Crippen LogP) is 20.0. The molecule has 0 aliphatic carbocycles. The first kappa shape index (κ1) is 74.9. The minimum atomic E-state index is -4.61. The number of unbranched alkanes of at least 4 members (excludes halogenated alkanes) is 37. The number of allylic oxidation sites excluding steroid dienone is 11. The summed E-state index contributed by atoms with van der Waals surface area (Å²) in [6.07, 6.45) is 81.7. The maximum absolute atomic E-state index is 13.0. The lowest BCUT2D eigenvalue weighted by Gasteiger charge is -2.29. The molecule has 9 heteroatoms. The van der Waals surface area contributed by atoms with Crippen LogP contribution in [0.5, 0.6) is 0 Å². The normalized spacial score (nSPS) is 14.2. The monoisotopic (exact) mass is 1100 g/mol. The summed E-state index contributed by atoms with van der Waals surface area (Å²) >= 11 is 0. The number of carbonyl (C=O) groups is 1. The van der Waals surface area contributed by atoms with Crippen LogP contribution in [0.15, 0.2) is 72.9 Å². The fourth-order valence-corrected chi connectivity index (χ4v) is 10.3. The van der Waals surface area contributed by atoms with Gasteiger partial charge in [-0.2, -0.15) is 0 Å². The third-order valence-corrected chi connectivity index (χ3v) is 15.6. The molecule has 0 aliphatic heterocycles. The zero-order chi connectivity index (χ0) is 56.3. The van der Waals surface area contributed by atoms with Crippen LogP contribution in [-0.4, -0.2) is 68.5 Å². The predicted molar refractivity (Wildman–Crippen MR) is 334 cm³/mol. The van der Waals surface area contributed by atoms with Crippen molar-refractivity contribution in [1.82, 2.24) is 5.32 Å². The average molecular weight is 1100 g/mol. The van der Waals surface area contributed by atoms with Crippen molar-refractivity contribution in [3.8, 4) is 0 Å². The summed E-state index contributed by atoms with van der Waals surface area (Å²) in [5, 5.41) is 13.9. The van der Waals surface area contributed by atoms with Crippen molar-refractivity contribution in [2.24, 2.45) is 0 Å². The molecule has 0 heterocycles. The summed E-state index contributed by atoms with van der Waals surface area (Å²) in [6.45, 7) is 4.54. The van der Waals surface area contributed by atoms with Gasteiger partial charge in [-0.1, -0.05) is 299 Å². The van der Waals surface area contributed by atoms with Crippen LogP contribution in [0.3, 0.4) is 0 Å². The lowest BCUT2D eigenvalue weighted by Crippen LogP contribution is -2.45. The summed E-state index contributed by atoms with van der Waals surface area (Å²) < 4.78 is 23.4. The summed E-state index contributed by atoms with van der Waals surface area (Å²) in [5.41, 5.74) is 0. The molecule has 0 aromatic carbocycles. The number of carbonyl (C=O) groups excluding carboxylic acids is 1. The highest BCUT2D eigenvalue weighted by atomic mass is 31.2. The number of nitrogens with zero attached hydrogens (tertiary/aromatic N) is 1. The summed E-state index contributed by atoms with van der Waals surface area (Å²) in [7, 11) is 1.25. The van der Waals surface area contributed by atoms with Crippen molar-refractivity contribution >= 4 is 13.7 Å². The van der Waals surface area contributed by atoms with Gasteiger partial charge in [0.05, 0.1) is 39.9 Å². The first-order chi connectivity index (χ1) is 37.5. The number of likely N-dealkylation sites (N-methyl/N-ethyl adjacent to an activating group) is 1.